The van der Waals surface area contributed by atoms with E-state index in [9.17, 15) is 18.8 Å². The smallest absolute Gasteiger partial charge is 0.256 e. The summed E-state index contributed by atoms with van der Waals surface area (Å²) in [6.07, 6.45) is 2.10. The second-order valence-electron chi connectivity index (χ2n) is 7.34. The fraction of sp³-hybridized carbons (Fsp3) is 0.318. The second kappa shape index (κ2) is 7.66. The number of benzene rings is 2. The Morgan fingerprint density at radius 3 is 2.83 bits per heavy atom. The maximum absolute atomic E-state index is 13.9. The van der Waals surface area contributed by atoms with E-state index in [1.54, 1.807) is 6.07 Å². The van der Waals surface area contributed by atoms with Gasteiger partial charge in [0.2, 0.25) is 11.8 Å². The summed E-state index contributed by atoms with van der Waals surface area (Å²) in [5.41, 5.74) is 2.10. The summed E-state index contributed by atoms with van der Waals surface area (Å²) in [5, 5.41) is 2.80. The molecular weight excluding hydrogens is 373 g/mol. The zero-order valence-corrected chi connectivity index (χ0v) is 16.2. The minimum atomic E-state index is -0.616. The van der Waals surface area contributed by atoms with Crippen molar-refractivity contribution in [3.63, 3.8) is 0 Å². The minimum absolute atomic E-state index is 0.145. The van der Waals surface area contributed by atoms with Crippen molar-refractivity contribution in [3.05, 3.63) is 59.4 Å². The largest absolute Gasteiger partial charge is 0.327 e. The molecule has 0 aliphatic carbocycles. The van der Waals surface area contributed by atoms with Crippen LogP contribution in [0, 0.1) is 5.82 Å². The van der Waals surface area contributed by atoms with E-state index in [-0.39, 0.29) is 29.6 Å². The van der Waals surface area contributed by atoms with Gasteiger partial charge in [-0.2, -0.15) is 0 Å². The van der Waals surface area contributed by atoms with Gasteiger partial charge in [0, 0.05) is 12.2 Å². The Bertz CT molecular complexity index is 991. The first-order valence-corrected chi connectivity index (χ1v) is 9.78. The molecule has 7 heteroatoms. The lowest BCUT2D eigenvalue weighted by molar-refractivity contribution is -0.124. The molecule has 0 saturated carbocycles. The molecule has 2 aromatic rings. The number of aryl methyl sites for hydroxylation is 1. The summed E-state index contributed by atoms with van der Waals surface area (Å²) in [7, 11) is 0. The van der Waals surface area contributed by atoms with Gasteiger partial charge >= 0.3 is 0 Å². The number of carbonyl (C=O) groups is 3. The van der Waals surface area contributed by atoms with Gasteiger partial charge in [-0.15, -0.1) is 0 Å². The number of nitrogens with one attached hydrogen (secondary N) is 1. The van der Waals surface area contributed by atoms with E-state index in [1.165, 1.54) is 21.9 Å². The van der Waals surface area contributed by atoms with Gasteiger partial charge in [0.15, 0.2) is 0 Å². The van der Waals surface area contributed by atoms with Crippen LogP contribution in [0.4, 0.5) is 15.8 Å². The van der Waals surface area contributed by atoms with Gasteiger partial charge in [-0.1, -0.05) is 19.1 Å². The van der Waals surface area contributed by atoms with Crippen molar-refractivity contribution in [2.24, 2.45) is 0 Å². The van der Waals surface area contributed by atoms with Crippen LogP contribution in [0.3, 0.4) is 0 Å². The van der Waals surface area contributed by atoms with Crippen LogP contribution >= 0.6 is 0 Å². The molecule has 0 bridgehead atoms. The van der Waals surface area contributed by atoms with Crippen LogP contribution < -0.4 is 10.2 Å². The first-order valence-electron chi connectivity index (χ1n) is 9.78. The number of fused-ring (bicyclic) bond motifs is 2. The van der Waals surface area contributed by atoms with Gasteiger partial charge < -0.3 is 15.1 Å². The molecule has 1 atom stereocenters. The van der Waals surface area contributed by atoms with Crippen LogP contribution in [0.1, 0.15) is 35.7 Å². The van der Waals surface area contributed by atoms with Gasteiger partial charge in [0.1, 0.15) is 18.4 Å². The molecule has 1 fully saturated rings. The lowest BCUT2D eigenvalue weighted by Gasteiger charge is -2.25. The molecule has 1 saturated heterocycles. The number of nitrogens with zero attached hydrogens (tertiary/aromatic N) is 2. The number of hydrogen-bond donors (Lipinski definition) is 1. The molecule has 2 aliphatic rings. The summed E-state index contributed by atoms with van der Waals surface area (Å²) < 4.78 is 13.9. The normalized spacial score (nSPS) is 18.3. The molecule has 6 nitrogen and oxygen atoms in total. The van der Waals surface area contributed by atoms with Gasteiger partial charge in [-0.25, -0.2) is 4.39 Å². The van der Waals surface area contributed by atoms with E-state index in [0.717, 1.165) is 24.5 Å². The highest BCUT2D eigenvalue weighted by molar-refractivity contribution is 6.13. The molecule has 0 radical (unpaired) electrons. The summed E-state index contributed by atoms with van der Waals surface area (Å²) in [6, 6.07) is 10.6. The third kappa shape index (κ3) is 3.60. The van der Waals surface area contributed by atoms with Crippen molar-refractivity contribution in [2.75, 3.05) is 23.3 Å². The average Bonchev–Trinajstić information content (AvgIpc) is 3.18. The van der Waals surface area contributed by atoms with Gasteiger partial charge in [-0.3, -0.25) is 14.4 Å². The summed E-state index contributed by atoms with van der Waals surface area (Å²) in [4.78, 5) is 41.5. The Hall–Kier alpha value is -3.22. The zero-order valence-electron chi connectivity index (χ0n) is 16.2. The highest BCUT2D eigenvalue weighted by atomic mass is 19.1. The Kier molecular flexibility index (Phi) is 5.05. The molecule has 3 amide bonds. The van der Waals surface area contributed by atoms with Crippen LogP contribution in [0.5, 0.6) is 0 Å². The van der Waals surface area contributed by atoms with Crippen molar-refractivity contribution >= 4 is 29.1 Å². The quantitative estimate of drug-likeness (QED) is 0.865. The standard InChI is InChI=1S/C22H22FN3O3/c1-2-14-5-3-6-16(11-14)24-20(27)13-26-19-12-15(23)8-9-17(19)21(28)25-10-4-7-18(25)22(26)29/h3,5-6,8-9,11-12,18H,2,4,7,10,13H2,1H3,(H,24,27)/t18-/m1/s1. The molecule has 2 heterocycles. The van der Waals surface area contributed by atoms with Crippen molar-refractivity contribution in [1.82, 2.24) is 4.90 Å². The molecule has 150 valence electrons. The molecule has 2 aliphatic heterocycles. The predicted molar refractivity (Wildman–Crippen MR) is 107 cm³/mol. The predicted octanol–water partition coefficient (Wildman–Crippen LogP) is 2.98. The third-order valence-corrected chi connectivity index (χ3v) is 5.47. The van der Waals surface area contributed by atoms with E-state index >= 15 is 0 Å². The van der Waals surface area contributed by atoms with E-state index in [4.69, 9.17) is 0 Å². The maximum atomic E-state index is 13.9. The second-order valence-corrected chi connectivity index (χ2v) is 7.34. The van der Waals surface area contributed by atoms with Crippen LogP contribution in [0.2, 0.25) is 0 Å². The van der Waals surface area contributed by atoms with Crippen LogP contribution in [-0.4, -0.2) is 41.8 Å². The Morgan fingerprint density at radius 1 is 1.21 bits per heavy atom. The molecule has 0 aromatic heterocycles. The van der Waals surface area contributed by atoms with E-state index < -0.39 is 17.8 Å². The van der Waals surface area contributed by atoms with E-state index in [0.29, 0.717) is 18.7 Å². The SMILES string of the molecule is CCc1cccc(NC(=O)CN2C(=O)[C@H]3CCCN3C(=O)c3ccc(F)cc32)c1. The van der Waals surface area contributed by atoms with Gasteiger partial charge in [-0.05, 0) is 55.2 Å². The highest BCUT2D eigenvalue weighted by Crippen LogP contribution is 2.33. The molecule has 1 N–H and O–H groups in total. The van der Waals surface area contributed by atoms with Crippen molar-refractivity contribution in [2.45, 2.75) is 32.2 Å². The Balaban J connectivity index is 1.64. The van der Waals surface area contributed by atoms with E-state index in [2.05, 4.69) is 5.32 Å². The van der Waals surface area contributed by atoms with Gasteiger partial charge in [0.05, 0.1) is 11.3 Å². The summed E-state index contributed by atoms with van der Waals surface area (Å²) in [5.74, 6) is -1.61. The highest BCUT2D eigenvalue weighted by Gasteiger charge is 2.42. The number of rotatable bonds is 4. The first kappa shape index (κ1) is 19.1. The minimum Gasteiger partial charge on any atom is -0.327 e. The number of amides is 3. The number of halogens is 1. The number of anilines is 2. The molecule has 2 aromatic carbocycles. The summed E-state index contributed by atoms with van der Waals surface area (Å²) in [6.45, 7) is 2.21. The van der Waals surface area contributed by atoms with Crippen LogP contribution in [0.25, 0.3) is 0 Å². The molecule has 0 spiro atoms. The van der Waals surface area contributed by atoms with Crippen molar-refractivity contribution < 1.29 is 18.8 Å². The van der Waals surface area contributed by atoms with E-state index in [1.807, 2.05) is 25.1 Å². The van der Waals surface area contributed by atoms with Crippen LogP contribution in [0.15, 0.2) is 42.5 Å². The zero-order chi connectivity index (χ0) is 20.5. The van der Waals surface area contributed by atoms with Gasteiger partial charge in [0.25, 0.3) is 5.91 Å². The molecule has 0 unspecified atom stereocenters. The molecular formula is C22H22FN3O3. The molecule has 4 rings (SSSR count). The summed E-state index contributed by atoms with van der Waals surface area (Å²) >= 11 is 0. The fourth-order valence-corrected chi connectivity index (χ4v) is 4.01. The van der Waals surface area contributed by atoms with Crippen LogP contribution in [-0.2, 0) is 16.0 Å². The van der Waals surface area contributed by atoms with Crippen molar-refractivity contribution in [1.29, 1.82) is 0 Å². The number of carbonyl (C=O) groups excluding carboxylic acids is 3. The lowest BCUT2D eigenvalue weighted by Crippen LogP contribution is -2.47. The monoisotopic (exact) mass is 395 g/mol. The fourth-order valence-electron chi connectivity index (χ4n) is 4.01. The lowest BCUT2D eigenvalue weighted by atomic mass is 10.1. The third-order valence-electron chi connectivity index (χ3n) is 5.47. The Morgan fingerprint density at radius 2 is 2.03 bits per heavy atom. The first-order chi connectivity index (χ1) is 14.0. The van der Waals surface area contributed by atoms with Crippen molar-refractivity contribution in [3.8, 4) is 0 Å². The maximum Gasteiger partial charge on any atom is 0.256 e. The number of hydrogen-bond acceptors (Lipinski definition) is 3. The average molecular weight is 395 g/mol. The topological polar surface area (TPSA) is 69.7 Å². The molecule has 29 heavy (non-hydrogen) atoms. The Labute approximate surface area is 168 Å².